The smallest absolute Gasteiger partial charge is 0.275 e. The van der Waals surface area contributed by atoms with E-state index >= 15 is 0 Å². The molecule has 7 nitrogen and oxygen atoms in total. The molecule has 0 saturated carbocycles. The minimum Gasteiger partial charge on any atom is -0.360 e. The van der Waals surface area contributed by atoms with Gasteiger partial charge in [-0.05, 0) is 39.8 Å². The molecule has 2 heterocycles. The normalized spacial score (nSPS) is 11.1. The lowest BCUT2D eigenvalue weighted by molar-refractivity contribution is 0.0914. The standard InChI is InChI=1S/C15H18N4O3/c1-9-8-12(19-22-9)17-13(20)10-6-5-7-11(16-10)14(21)18-15(2,3)4/h5-8H,1-4H3,(H,18,21)(H,17,19,20). The average Bonchev–Trinajstić information content (AvgIpc) is 2.82. The lowest BCUT2D eigenvalue weighted by Gasteiger charge is -2.20. The molecular weight excluding hydrogens is 284 g/mol. The van der Waals surface area contributed by atoms with Gasteiger partial charge in [0.25, 0.3) is 11.8 Å². The zero-order valence-corrected chi connectivity index (χ0v) is 12.9. The van der Waals surface area contributed by atoms with Crippen LogP contribution in [0.15, 0.2) is 28.8 Å². The van der Waals surface area contributed by atoms with Crippen molar-refractivity contribution in [3.63, 3.8) is 0 Å². The van der Waals surface area contributed by atoms with Crippen molar-refractivity contribution in [3.05, 3.63) is 41.4 Å². The number of nitrogens with one attached hydrogen (secondary N) is 2. The Morgan fingerprint density at radius 3 is 2.32 bits per heavy atom. The molecule has 0 spiro atoms. The number of nitrogens with zero attached hydrogens (tertiary/aromatic N) is 2. The molecule has 0 aliphatic rings. The predicted molar refractivity (Wildman–Crippen MR) is 80.6 cm³/mol. The van der Waals surface area contributed by atoms with Crippen molar-refractivity contribution in [2.24, 2.45) is 0 Å². The molecule has 116 valence electrons. The summed E-state index contributed by atoms with van der Waals surface area (Å²) in [6.45, 7) is 7.33. The summed E-state index contributed by atoms with van der Waals surface area (Å²) in [7, 11) is 0. The van der Waals surface area contributed by atoms with Crippen molar-refractivity contribution < 1.29 is 14.1 Å². The molecule has 0 radical (unpaired) electrons. The van der Waals surface area contributed by atoms with E-state index < -0.39 is 5.91 Å². The Bertz CT molecular complexity index is 701. The highest BCUT2D eigenvalue weighted by Crippen LogP contribution is 2.09. The fourth-order valence-corrected chi connectivity index (χ4v) is 1.70. The first-order valence-electron chi connectivity index (χ1n) is 6.79. The molecule has 0 fully saturated rings. The third-order valence-corrected chi connectivity index (χ3v) is 2.57. The van der Waals surface area contributed by atoms with Gasteiger partial charge >= 0.3 is 0 Å². The largest absolute Gasteiger partial charge is 0.360 e. The van der Waals surface area contributed by atoms with E-state index in [9.17, 15) is 9.59 Å². The second kappa shape index (κ2) is 5.97. The number of carbonyl (C=O) groups excluding carboxylic acids is 2. The number of pyridine rings is 1. The van der Waals surface area contributed by atoms with Gasteiger partial charge in [0.15, 0.2) is 5.82 Å². The first-order valence-corrected chi connectivity index (χ1v) is 6.79. The minimum atomic E-state index is -0.460. The molecule has 0 aliphatic heterocycles. The van der Waals surface area contributed by atoms with Crippen LogP contribution in [0.1, 0.15) is 47.5 Å². The fraction of sp³-hybridized carbons (Fsp3) is 0.333. The quantitative estimate of drug-likeness (QED) is 0.905. The highest BCUT2D eigenvalue weighted by molar-refractivity contribution is 6.03. The summed E-state index contributed by atoms with van der Waals surface area (Å²) in [4.78, 5) is 28.2. The molecule has 2 aromatic rings. The van der Waals surface area contributed by atoms with Crippen LogP contribution in [-0.2, 0) is 0 Å². The van der Waals surface area contributed by atoms with Crippen LogP contribution in [0.4, 0.5) is 5.82 Å². The van der Waals surface area contributed by atoms with Crippen LogP contribution >= 0.6 is 0 Å². The fourth-order valence-electron chi connectivity index (χ4n) is 1.70. The number of aromatic nitrogens is 2. The Labute approximate surface area is 128 Å². The van der Waals surface area contributed by atoms with Gasteiger partial charge in [0.05, 0.1) is 0 Å². The molecule has 0 atom stereocenters. The van der Waals surface area contributed by atoms with Crippen LogP contribution in [0.3, 0.4) is 0 Å². The molecule has 0 aromatic carbocycles. The first kappa shape index (κ1) is 15.7. The van der Waals surface area contributed by atoms with Crippen LogP contribution in [0, 0.1) is 6.92 Å². The molecule has 0 unspecified atom stereocenters. The van der Waals surface area contributed by atoms with E-state index in [1.165, 1.54) is 6.07 Å². The van der Waals surface area contributed by atoms with E-state index in [0.29, 0.717) is 11.6 Å². The lowest BCUT2D eigenvalue weighted by Crippen LogP contribution is -2.41. The zero-order chi connectivity index (χ0) is 16.3. The van der Waals surface area contributed by atoms with Crippen molar-refractivity contribution in [2.45, 2.75) is 33.2 Å². The SMILES string of the molecule is Cc1cc(NC(=O)c2cccc(C(=O)NC(C)(C)C)n2)no1. The number of carbonyl (C=O) groups is 2. The Kier molecular flexibility index (Phi) is 4.25. The maximum Gasteiger partial charge on any atom is 0.275 e. The average molecular weight is 302 g/mol. The molecule has 2 amide bonds. The summed E-state index contributed by atoms with van der Waals surface area (Å²) in [6.07, 6.45) is 0. The molecule has 2 rings (SSSR count). The molecule has 2 N–H and O–H groups in total. The number of hydrogen-bond acceptors (Lipinski definition) is 5. The Morgan fingerprint density at radius 2 is 1.77 bits per heavy atom. The Hall–Kier alpha value is -2.70. The van der Waals surface area contributed by atoms with Gasteiger partial charge in [0.2, 0.25) is 0 Å². The topological polar surface area (TPSA) is 97.1 Å². The summed E-state index contributed by atoms with van der Waals surface area (Å²) in [5, 5.41) is 9.02. The number of hydrogen-bond donors (Lipinski definition) is 2. The van der Waals surface area contributed by atoms with E-state index in [1.807, 2.05) is 20.8 Å². The van der Waals surface area contributed by atoms with E-state index in [2.05, 4.69) is 20.8 Å². The highest BCUT2D eigenvalue weighted by Gasteiger charge is 2.18. The van der Waals surface area contributed by atoms with Crippen molar-refractivity contribution in [1.29, 1.82) is 0 Å². The van der Waals surface area contributed by atoms with Gasteiger partial charge in [-0.25, -0.2) is 4.98 Å². The van der Waals surface area contributed by atoms with Crippen LogP contribution in [0.25, 0.3) is 0 Å². The van der Waals surface area contributed by atoms with Crippen molar-refractivity contribution in [3.8, 4) is 0 Å². The lowest BCUT2D eigenvalue weighted by atomic mass is 10.1. The maximum absolute atomic E-state index is 12.1. The van der Waals surface area contributed by atoms with Gasteiger partial charge < -0.3 is 15.2 Å². The molecule has 0 saturated heterocycles. The number of aryl methyl sites for hydroxylation is 1. The summed E-state index contributed by atoms with van der Waals surface area (Å²) >= 11 is 0. The zero-order valence-electron chi connectivity index (χ0n) is 12.9. The van der Waals surface area contributed by atoms with Crippen molar-refractivity contribution in [1.82, 2.24) is 15.5 Å². The van der Waals surface area contributed by atoms with E-state index in [0.717, 1.165) is 0 Å². The summed E-state index contributed by atoms with van der Waals surface area (Å²) in [6, 6.07) is 6.27. The van der Waals surface area contributed by atoms with E-state index in [4.69, 9.17) is 4.52 Å². The van der Waals surface area contributed by atoms with Crippen LogP contribution in [0.5, 0.6) is 0 Å². The van der Waals surface area contributed by atoms with E-state index in [1.54, 1.807) is 25.1 Å². The summed E-state index contributed by atoms with van der Waals surface area (Å²) < 4.78 is 4.87. The van der Waals surface area contributed by atoms with Crippen LogP contribution < -0.4 is 10.6 Å². The first-order chi connectivity index (χ1) is 10.2. The maximum atomic E-state index is 12.1. The Morgan fingerprint density at radius 1 is 1.14 bits per heavy atom. The minimum absolute atomic E-state index is 0.127. The Balaban J connectivity index is 2.14. The van der Waals surface area contributed by atoms with Crippen molar-refractivity contribution >= 4 is 17.6 Å². The molecule has 0 bridgehead atoms. The third kappa shape index (κ3) is 4.15. The number of anilines is 1. The second-order valence-electron chi connectivity index (χ2n) is 5.89. The third-order valence-electron chi connectivity index (χ3n) is 2.57. The van der Waals surface area contributed by atoms with Gasteiger partial charge in [0.1, 0.15) is 17.1 Å². The van der Waals surface area contributed by atoms with E-state index in [-0.39, 0.29) is 22.8 Å². The van der Waals surface area contributed by atoms with Crippen molar-refractivity contribution in [2.75, 3.05) is 5.32 Å². The number of rotatable bonds is 3. The summed E-state index contributed by atoms with van der Waals surface area (Å²) in [5.74, 6) is 0.0913. The van der Waals surface area contributed by atoms with Gasteiger partial charge in [-0.2, -0.15) is 0 Å². The van der Waals surface area contributed by atoms with Crippen LogP contribution in [-0.4, -0.2) is 27.5 Å². The predicted octanol–water partition coefficient (Wildman–Crippen LogP) is 2.16. The number of amides is 2. The molecule has 7 heteroatoms. The van der Waals surface area contributed by atoms with Gasteiger partial charge in [0, 0.05) is 11.6 Å². The monoisotopic (exact) mass is 302 g/mol. The molecule has 2 aromatic heterocycles. The second-order valence-corrected chi connectivity index (χ2v) is 5.89. The van der Waals surface area contributed by atoms with Crippen LogP contribution in [0.2, 0.25) is 0 Å². The van der Waals surface area contributed by atoms with Gasteiger partial charge in [-0.15, -0.1) is 0 Å². The highest BCUT2D eigenvalue weighted by atomic mass is 16.5. The van der Waals surface area contributed by atoms with Gasteiger partial charge in [-0.3, -0.25) is 9.59 Å². The molecule has 22 heavy (non-hydrogen) atoms. The molecular formula is C15H18N4O3. The van der Waals surface area contributed by atoms with Gasteiger partial charge in [-0.1, -0.05) is 11.2 Å². The summed E-state index contributed by atoms with van der Waals surface area (Å²) in [5.41, 5.74) is -0.0731. The molecule has 0 aliphatic carbocycles.